The fourth-order valence-corrected chi connectivity index (χ4v) is 1.72. The molecule has 0 bridgehead atoms. The van der Waals surface area contributed by atoms with E-state index in [1.54, 1.807) is 0 Å². The Balaban J connectivity index is 3.53. The molecule has 0 aromatic carbocycles. The lowest BCUT2D eigenvalue weighted by molar-refractivity contribution is -0.138. The van der Waals surface area contributed by atoms with Crippen molar-refractivity contribution >= 4 is 0 Å². The normalized spacial score (nSPS) is 13.5. The Morgan fingerprint density at radius 2 is 1.67 bits per heavy atom. The van der Waals surface area contributed by atoms with Crippen molar-refractivity contribution in [3.8, 4) is 0 Å². The zero-order chi connectivity index (χ0) is 13.8. The predicted molar refractivity (Wildman–Crippen MR) is 76.9 cm³/mol. The average Bonchev–Trinajstić information content (AvgIpc) is 2.37. The number of ether oxygens (including phenoxy) is 2. The molecule has 0 rings (SSSR count). The first-order chi connectivity index (χ1) is 8.65. The van der Waals surface area contributed by atoms with Crippen LogP contribution in [0.5, 0.6) is 0 Å². The van der Waals surface area contributed by atoms with E-state index in [1.807, 2.05) is 13.8 Å². The molecule has 0 aliphatic carbocycles. The van der Waals surface area contributed by atoms with E-state index in [9.17, 15) is 0 Å². The van der Waals surface area contributed by atoms with Gasteiger partial charge in [0.25, 0.3) is 0 Å². The van der Waals surface area contributed by atoms with E-state index in [2.05, 4.69) is 31.1 Å². The standard InChI is InChI=1S/C14H32N2O2/c1-6-13(4)16(5)12-11-15-10-9-14(17-7-2)18-8-3/h13-15H,6-12H2,1-5H3. The second kappa shape index (κ2) is 11.9. The maximum Gasteiger partial charge on any atom is 0.158 e. The summed E-state index contributed by atoms with van der Waals surface area (Å²) in [5.74, 6) is 0. The second-order valence-electron chi connectivity index (χ2n) is 4.62. The van der Waals surface area contributed by atoms with Gasteiger partial charge in [-0.25, -0.2) is 0 Å². The van der Waals surface area contributed by atoms with Crippen LogP contribution in [0.15, 0.2) is 0 Å². The number of rotatable bonds is 12. The lowest BCUT2D eigenvalue weighted by Gasteiger charge is -2.23. The van der Waals surface area contributed by atoms with Gasteiger partial charge in [-0.3, -0.25) is 0 Å². The third-order valence-electron chi connectivity index (χ3n) is 3.25. The Labute approximate surface area is 113 Å². The van der Waals surface area contributed by atoms with Crippen LogP contribution in [0.25, 0.3) is 0 Å². The van der Waals surface area contributed by atoms with Gasteiger partial charge in [0.05, 0.1) is 0 Å². The van der Waals surface area contributed by atoms with Gasteiger partial charge < -0.3 is 19.7 Å². The zero-order valence-corrected chi connectivity index (χ0v) is 12.9. The molecule has 0 aromatic rings. The van der Waals surface area contributed by atoms with Crippen molar-refractivity contribution in [2.75, 3.05) is 39.9 Å². The molecule has 0 fully saturated rings. The molecule has 0 saturated heterocycles. The third kappa shape index (κ3) is 8.86. The summed E-state index contributed by atoms with van der Waals surface area (Å²) >= 11 is 0. The van der Waals surface area contributed by atoms with Crippen molar-refractivity contribution in [3.63, 3.8) is 0 Å². The molecule has 1 N–H and O–H groups in total. The van der Waals surface area contributed by atoms with Gasteiger partial charge >= 0.3 is 0 Å². The highest BCUT2D eigenvalue weighted by Gasteiger charge is 2.08. The van der Waals surface area contributed by atoms with Crippen LogP contribution in [0.3, 0.4) is 0 Å². The molecule has 4 heteroatoms. The van der Waals surface area contributed by atoms with Crippen LogP contribution in [0.1, 0.15) is 40.5 Å². The third-order valence-corrected chi connectivity index (χ3v) is 3.25. The molecule has 0 aromatic heterocycles. The fourth-order valence-electron chi connectivity index (χ4n) is 1.72. The Hall–Kier alpha value is -0.160. The number of hydrogen-bond donors (Lipinski definition) is 1. The predicted octanol–water partition coefficient (Wildman–Crippen LogP) is 2.10. The van der Waals surface area contributed by atoms with Gasteiger partial charge in [-0.15, -0.1) is 0 Å². The van der Waals surface area contributed by atoms with E-state index in [0.29, 0.717) is 19.3 Å². The van der Waals surface area contributed by atoms with Crippen molar-refractivity contribution < 1.29 is 9.47 Å². The number of hydrogen-bond acceptors (Lipinski definition) is 4. The van der Waals surface area contributed by atoms with Crippen LogP contribution in [-0.2, 0) is 9.47 Å². The Morgan fingerprint density at radius 3 is 2.17 bits per heavy atom. The molecule has 0 aliphatic heterocycles. The van der Waals surface area contributed by atoms with Gasteiger partial charge in [-0.1, -0.05) is 6.92 Å². The minimum Gasteiger partial charge on any atom is -0.353 e. The summed E-state index contributed by atoms with van der Waals surface area (Å²) in [6.45, 7) is 13.0. The summed E-state index contributed by atoms with van der Waals surface area (Å²) < 4.78 is 11.0. The molecule has 1 unspecified atom stereocenters. The van der Waals surface area contributed by atoms with Gasteiger partial charge in [-0.05, 0) is 34.2 Å². The van der Waals surface area contributed by atoms with E-state index in [-0.39, 0.29) is 6.29 Å². The molecule has 0 saturated carbocycles. The summed E-state index contributed by atoms with van der Waals surface area (Å²) in [6.07, 6.45) is 2.06. The monoisotopic (exact) mass is 260 g/mol. The van der Waals surface area contributed by atoms with E-state index in [1.165, 1.54) is 6.42 Å². The maximum absolute atomic E-state index is 5.49. The van der Waals surface area contributed by atoms with Gasteiger partial charge in [0, 0.05) is 45.3 Å². The molecular formula is C14H32N2O2. The minimum absolute atomic E-state index is 0.0557. The Morgan fingerprint density at radius 1 is 1.06 bits per heavy atom. The van der Waals surface area contributed by atoms with Gasteiger partial charge in [0.15, 0.2) is 6.29 Å². The molecule has 4 nitrogen and oxygen atoms in total. The number of likely N-dealkylation sites (N-methyl/N-ethyl adjacent to an activating group) is 1. The largest absolute Gasteiger partial charge is 0.353 e. The summed E-state index contributed by atoms with van der Waals surface area (Å²) in [6, 6.07) is 0.659. The highest BCUT2D eigenvalue weighted by atomic mass is 16.7. The molecule has 110 valence electrons. The molecule has 1 atom stereocenters. The van der Waals surface area contributed by atoms with Crippen LogP contribution in [0, 0.1) is 0 Å². The van der Waals surface area contributed by atoms with Crippen LogP contribution in [0.4, 0.5) is 0 Å². The van der Waals surface area contributed by atoms with Crippen LogP contribution in [0.2, 0.25) is 0 Å². The van der Waals surface area contributed by atoms with Gasteiger partial charge in [0.1, 0.15) is 0 Å². The van der Waals surface area contributed by atoms with Crippen LogP contribution in [-0.4, -0.2) is 57.1 Å². The Kier molecular flexibility index (Phi) is 11.8. The van der Waals surface area contributed by atoms with Gasteiger partial charge in [0.2, 0.25) is 0 Å². The highest BCUT2D eigenvalue weighted by Crippen LogP contribution is 2.00. The van der Waals surface area contributed by atoms with E-state index >= 15 is 0 Å². The quantitative estimate of drug-likeness (QED) is 0.430. The summed E-state index contributed by atoms with van der Waals surface area (Å²) in [5, 5.41) is 3.44. The number of nitrogens with zero attached hydrogens (tertiary/aromatic N) is 1. The topological polar surface area (TPSA) is 33.7 Å². The molecule has 0 heterocycles. The summed E-state index contributed by atoms with van der Waals surface area (Å²) in [7, 11) is 2.18. The molecule has 0 radical (unpaired) electrons. The van der Waals surface area contributed by atoms with Gasteiger partial charge in [-0.2, -0.15) is 0 Å². The smallest absolute Gasteiger partial charge is 0.158 e. The Bertz CT molecular complexity index is 173. The van der Waals surface area contributed by atoms with E-state index < -0.39 is 0 Å². The lowest BCUT2D eigenvalue weighted by Crippen LogP contribution is -2.36. The lowest BCUT2D eigenvalue weighted by atomic mass is 10.2. The van der Waals surface area contributed by atoms with Crippen molar-refractivity contribution in [1.29, 1.82) is 0 Å². The maximum atomic E-state index is 5.49. The van der Waals surface area contributed by atoms with E-state index in [0.717, 1.165) is 26.1 Å². The SMILES string of the molecule is CCOC(CCNCCN(C)C(C)CC)OCC. The van der Waals surface area contributed by atoms with E-state index in [4.69, 9.17) is 9.47 Å². The first-order valence-corrected chi connectivity index (χ1v) is 7.29. The highest BCUT2D eigenvalue weighted by molar-refractivity contribution is 4.62. The van der Waals surface area contributed by atoms with Crippen LogP contribution < -0.4 is 5.32 Å². The van der Waals surface area contributed by atoms with Crippen LogP contribution >= 0.6 is 0 Å². The molecular weight excluding hydrogens is 228 g/mol. The molecule has 0 spiro atoms. The van der Waals surface area contributed by atoms with Crippen molar-refractivity contribution in [2.24, 2.45) is 0 Å². The fraction of sp³-hybridized carbons (Fsp3) is 1.00. The first-order valence-electron chi connectivity index (χ1n) is 7.29. The average molecular weight is 260 g/mol. The first kappa shape index (κ1) is 17.8. The number of nitrogens with one attached hydrogen (secondary N) is 1. The minimum atomic E-state index is -0.0557. The van der Waals surface area contributed by atoms with Crippen molar-refractivity contribution in [2.45, 2.75) is 52.9 Å². The summed E-state index contributed by atoms with van der Waals surface area (Å²) in [4.78, 5) is 2.38. The zero-order valence-electron chi connectivity index (χ0n) is 12.9. The molecule has 18 heavy (non-hydrogen) atoms. The molecule has 0 amide bonds. The van der Waals surface area contributed by atoms with Crippen molar-refractivity contribution in [3.05, 3.63) is 0 Å². The summed E-state index contributed by atoms with van der Waals surface area (Å²) in [5.41, 5.74) is 0. The molecule has 0 aliphatic rings. The second-order valence-corrected chi connectivity index (χ2v) is 4.62. The van der Waals surface area contributed by atoms with Crippen molar-refractivity contribution in [1.82, 2.24) is 10.2 Å².